The van der Waals surface area contributed by atoms with Gasteiger partial charge in [0, 0.05) is 31.0 Å². The van der Waals surface area contributed by atoms with Crippen LogP contribution in [0, 0.1) is 5.41 Å². The van der Waals surface area contributed by atoms with Crippen LogP contribution in [0.3, 0.4) is 0 Å². The van der Waals surface area contributed by atoms with Crippen molar-refractivity contribution in [3.05, 3.63) is 23.5 Å². The Morgan fingerprint density at radius 1 is 1.40 bits per heavy atom. The molecule has 1 atom stereocenters. The molecule has 1 aliphatic rings. The van der Waals surface area contributed by atoms with Gasteiger partial charge in [0.05, 0.1) is 13.2 Å². The molecule has 0 saturated carbocycles. The Morgan fingerprint density at radius 3 is 2.85 bits per heavy atom. The van der Waals surface area contributed by atoms with Crippen LogP contribution >= 0.6 is 0 Å². The Morgan fingerprint density at radius 2 is 2.15 bits per heavy atom. The number of fused-ring (bicyclic) bond motifs is 1. The monoisotopic (exact) mass is 279 g/mol. The van der Waals surface area contributed by atoms with Gasteiger partial charge in [-0.05, 0) is 44.0 Å². The van der Waals surface area contributed by atoms with Crippen LogP contribution in [-0.2, 0) is 17.7 Å². The van der Waals surface area contributed by atoms with E-state index in [1.807, 2.05) is 0 Å². The van der Waals surface area contributed by atoms with Crippen molar-refractivity contribution >= 4 is 0 Å². The van der Waals surface area contributed by atoms with Crippen LogP contribution in [0.4, 0.5) is 0 Å². The zero-order valence-electron chi connectivity index (χ0n) is 13.4. The number of ether oxygens (including phenoxy) is 1. The number of aromatic nitrogens is 1. The molecule has 0 saturated heterocycles. The highest BCUT2D eigenvalue weighted by Gasteiger charge is 2.32. The molecule has 0 spiro atoms. The predicted octanol–water partition coefficient (Wildman–Crippen LogP) is 2.04. The highest BCUT2D eigenvalue weighted by atomic mass is 16.5. The van der Waals surface area contributed by atoms with E-state index in [1.54, 1.807) is 0 Å². The summed E-state index contributed by atoms with van der Waals surface area (Å²) in [4.78, 5) is 2.14. The van der Waals surface area contributed by atoms with Crippen molar-refractivity contribution in [3.8, 4) is 0 Å². The van der Waals surface area contributed by atoms with Crippen molar-refractivity contribution < 1.29 is 4.74 Å². The molecule has 0 bridgehead atoms. The molecule has 1 unspecified atom stereocenters. The topological polar surface area (TPSA) is 43.4 Å². The van der Waals surface area contributed by atoms with Crippen LogP contribution in [0.5, 0.6) is 0 Å². The molecular formula is C16H29N3O. The number of rotatable bonds is 6. The third-order valence-corrected chi connectivity index (χ3v) is 4.09. The first-order chi connectivity index (χ1) is 9.39. The highest BCUT2D eigenvalue weighted by molar-refractivity contribution is 5.30. The largest absolute Gasteiger partial charge is 0.378 e. The van der Waals surface area contributed by atoms with Crippen molar-refractivity contribution in [1.82, 2.24) is 9.47 Å². The van der Waals surface area contributed by atoms with E-state index in [4.69, 9.17) is 10.5 Å². The third-order valence-electron chi connectivity index (χ3n) is 4.09. The van der Waals surface area contributed by atoms with Gasteiger partial charge in [-0.3, -0.25) is 0 Å². The normalized spacial score (nSPS) is 21.2. The minimum atomic E-state index is 0.185. The maximum Gasteiger partial charge on any atom is 0.0646 e. The number of likely N-dealkylation sites (N-methyl/N-ethyl adjacent to an activating group) is 1. The van der Waals surface area contributed by atoms with Crippen LogP contribution in [0.15, 0.2) is 12.3 Å². The maximum atomic E-state index is 6.29. The first kappa shape index (κ1) is 15.5. The van der Waals surface area contributed by atoms with Crippen LogP contribution < -0.4 is 5.73 Å². The van der Waals surface area contributed by atoms with E-state index in [0.29, 0.717) is 5.41 Å². The number of nitrogens with two attached hydrogens (primary N) is 1. The van der Waals surface area contributed by atoms with Crippen molar-refractivity contribution in [2.45, 2.75) is 39.3 Å². The molecule has 2 N–H and O–H groups in total. The first-order valence-electron chi connectivity index (χ1n) is 7.55. The van der Waals surface area contributed by atoms with E-state index in [1.165, 1.54) is 11.3 Å². The Labute approximate surface area is 122 Å². The summed E-state index contributed by atoms with van der Waals surface area (Å²) in [6, 6.07) is 2.37. The van der Waals surface area contributed by atoms with E-state index in [2.05, 4.69) is 49.7 Å². The molecule has 0 fully saturated rings. The van der Waals surface area contributed by atoms with Gasteiger partial charge in [0.2, 0.25) is 0 Å². The first-order valence-corrected chi connectivity index (χ1v) is 7.55. The van der Waals surface area contributed by atoms with Crippen molar-refractivity contribution in [2.24, 2.45) is 11.1 Å². The average molecular weight is 279 g/mol. The summed E-state index contributed by atoms with van der Waals surface area (Å²) in [5.74, 6) is 0. The lowest BCUT2D eigenvalue weighted by Crippen LogP contribution is -2.30. The molecule has 1 aliphatic carbocycles. The minimum absolute atomic E-state index is 0.185. The fourth-order valence-corrected chi connectivity index (χ4v) is 3.02. The summed E-state index contributed by atoms with van der Waals surface area (Å²) < 4.78 is 8.02. The van der Waals surface area contributed by atoms with Gasteiger partial charge in [-0.2, -0.15) is 0 Å². The molecule has 4 heteroatoms. The Kier molecular flexibility index (Phi) is 4.89. The molecule has 1 aromatic rings. The summed E-state index contributed by atoms with van der Waals surface area (Å²) in [7, 11) is 4.13. The van der Waals surface area contributed by atoms with Crippen LogP contribution in [0.25, 0.3) is 0 Å². The van der Waals surface area contributed by atoms with Crippen molar-refractivity contribution in [1.29, 1.82) is 0 Å². The van der Waals surface area contributed by atoms with Crippen molar-refractivity contribution in [2.75, 3.05) is 33.9 Å². The fourth-order valence-electron chi connectivity index (χ4n) is 3.02. The molecule has 0 aromatic carbocycles. The molecule has 0 radical (unpaired) electrons. The molecule has 114 valence electrons. The van der Waals surface area contributed by atoms with Gasteiger partial charge in [0.15, 0.2) is 0 Å². The zero-order chi connectivity index (χ0) is 14.8. The molecule has 1 heterocycles. The quantitative estimate of drug-likeness (QED) is 0.810. The SMILES string of the molecule is CN(C)CCOCCn1ccc2c1CC(C)(C)CC2N. The van der Waals surface area contributed by atoms with E-state index in [9.17, 15) is 0 Å². The van der Waals surface area contributed by atoms with Crippen LogP contribution in [0.2, 0.25) is 0 Å². The second-order valence-corrected chi connectivity index (χ2v) is 6.98. The molecule has 0 aliphatic heterocycles. The third kappa shape index (κ3) is 3.84. The van der Waals surface area contributed by atoms with Gasteiger partial charge in [-0.1, -0.05) is 13.8 Å². The molecule has 4 nitrogen and oxygen atoms in total. The predicted molar refractivity (Wildman–Crippen MR) is 82.8 cm³/mol. The van der Waals surface area contributed by atoms with Crippen LogP contribution in [0.1, 0.15) is 37.6 Å². The van der Waals surface area contributed by atoms with E-state index >= 15 is 0 Å². The second kappa shape index (κ2) is 6.29. The molecule has 20 heavy (non-hydrogen) atoms. The van der Waals surface area contributed by atoms with Gasteiger partial charge in [-0.15, -0.1) is 0 Å². The Balaban J connectivity index is 1.91. The summed E-state index contributed by atoms with van der Waals surface area (Å²) >= 11 is 0. The van der Waals surface area contributed by atoms with Crippen LogP contribution in [-0.4, -0.2) is 43.3 Å². The number of hydrogen-bond donors (Lipinski definition) is 1. The zero-order valence-corrected chi connectivity index (χ0v) is 13.4. The lowest BCUT2D eigenvalue weighted by Gasteiger charge is -2.34. The Bertz CT molecular complexity index is 437. The average Bonchev–Trinajstić information content (AvgIpc) is 2.70. The van der Waals surface area contributed by atoms with Crippen molar-refractivity contribution in [3.63, 3.8) is 0 Å². The second-order valence-electron chi connectivity index (χ2n) is 6.98. The van der Waals surface area contributed by atoms with Gasteiger partial charge in [0.25, 0.3) is 0 Å². The number of nitrogens with zero attached hydrogens (tertiary/aromatic N) is 2. The van der Waals surface area contributed by atoms with Gasteiger partial charge in [-0.25, -0.2) is 0 Å². The standard InChI is InChI=1S/C16H29N3O/c1-16(2)11-14(17)13-5-6-19(15(13)12-16)8-10-20-9-7-18(3)4/h5-6,14H,7-12,17H2,1-4H3. The Hall–Kier alpha value is -0.840. The fraction of sp³-hybridized carbons (Fsp3) is 0.750. The summed E-state index contributed by atoms with van der Waals surface area (Å²) in [6.07, 6.45) is 4.35. The summed E-state index contributed by atoms with van der Waals surface area (Å²) in [6.45, 7) is 8.07. The van der Waals surface area contributed by atoms with Gasteiger partial charge >= 0.3 is 0 Å². The van der Waals surface area contributed by atoms with Gasteiger partial charge < -0.3 is 19.9 Å². The van der Waals surface area contributed by atoms with Gasteiger partial charge in [0.1, 0.15) is 0 Å². The van der Waals surface area contributed by atoms with E-state index in [-0.39, 0.29) is 6.04 Å². The number of hydrogen-bond acceptors (Lipinski definition) is 3. The molecule has 1 aromatic heterocycles. The van der Waals surface area contributed by atoms with E-state index < -0.39 is 0 Å². The maximum absolute atomic E-state index is 6.29. The van der Waals surface area contributed by atoms with E-state index in [0.717, 1.165) is 39.1 Å². The molecule has 2 rings (SSSR count). The smallest absolute Gasteiger partial charge is 0.0646 e. The molecular weight excluding hydrogens is 250 g/mol. The lowest BCUT2D eigenvalue weighted by atomic mass is 9.74. The molecule has 0 amide bonds. The lowest BCUT2D eigenvalue weighted by molar-refractivity contribution is 0.110. The highest BCUT2D eigenvalue weighted by Crippen LogP contribution is 2.39. The summed E-state index contributed by atoms with van der Waals surface area (Å²) in [5.41, 5.74) is 9.33. The summed E-state index contributed by atoms with van der Waals surface area (Å²) in [5, 5.41) is 0. The minimum Gasteiger partial charge on any atom is -0.378 e.